The topological polar surface area (TPSA) is 91.3 Å². The van der Waals surface area contributed by atoms with E-state index in [0.717, 1.165) is 22.8 Å². The Balaban J connectivity index is 0.00000506. The van der Waals surface area contributed by atoms with Gasteiger partial charge in [0, 0.05) is 29.6 Å². The predicted molar refractivity (Wildman–Crippen MR) is 160 cm³/mol. The van der Waals surface area contributed by atoms with Crippen molar-refractivity contribution in [1.29, 1.82) is 0 Å². The average Bonchev–Trinajstić information content (AvgIpc) is 2.97. The van der Waals surface area contributed by atoms with Gasteiger partial charge in [0.25, 0.3) is 5.91 Å². The van der Waals surface area contributed by atoms with E-state index in [9.17, 15) is 23.5 Å². The molecule has 4 rings (SSSR count). The Hall–Kier alpha value is -3.50. The fraction of sp³-hybridized carbons (Fsp3) is 0.182. The number of carbonyl (C=O) groups is 2. The van der Waals surface area contributed by atoms with Crippen LogP contribution < -0.4 is 44.7 Å². The summed E-state index contributed by atoms with van der Waals surface area (Å²) >= 11 is 1.49. The number of rotatable bonds is 12. The first kappa shape index (κ1) is 34.0. The molecular formula is C33H29F2N2NaO4S. The Labute approximate surface area is 275 Å². The van der Waals surface area contributed by atoms with Gasteiger partial charge in [-0.25, -0.2) is 8.78 Å². The number of halogens is 2. The summed E-state index contributed by atoms with van der Waals surface area (Å²) in [5.74, 6) is -2.16. The molecule has 0 aliphatic heterocycles. The van der Waals surface area contributed by atoms with Crippen LogP contribution in [0.25, 0.3) is 23.3 Å². The number of nitrogens with zero attached hydrogens (tertiary/aromatic N) is 1. The minimum absolute atomic E-state index is 0. The van der Waals surface area contributed by atoms with Crippen LogP contribution in [0.4, 0.5) is 8.78 Å². The normalized spacial score (nSPS) is 11.5. The van der Waals surface area contributed by atoms with Crippen molar-refractivity contribution in [3.05, 3.63) is 119 Å². The number of ether oxygens (including phenoxy) is 1. The number of carbonyl (C=O) groups excluding carboxylic acids is 2. The van der Waals surface area contributed by atoms with Crippen LogP contribution in [0.5, 0.6) is 5.75 Å². The molecule has 0 saturated heterocycles. The molecule has 1 aromatic heterocycles. The minimum Gasteiger partial charge on any atom is -0.548 e. The van der Waals surface area contributed by atoms with Crippen molar-refractivity contribution in [2.45, 2.75) is 26.0 Å². The summed E-state index contributed by atoms with van der Waals surface area (Å²) in [5.41, 5.74) is 4.52. The molecule has 3 aromatic carbocycles. The predicted octanol–water partition coefficient (Wildman–Crippen LogP) is 2.69. The van der Waals surface area contributed by atoms with Crippen molar-refractivity contribution in [3.63, 3.8) is 0 Å². The van der Waals surface area contributed by atoms with E-state index in [2.05, 4.69) is 10.3 Å². The van der Waals surface area contributed by atoms with Gasteiger partial charge in [0.15, 0.2) is 0 Å². The van der Waals surface area contributed by atoms with Crippen LogP contribution in [-0.4, -0.2) is 34.9 Å². The fourth-order valence-corrected chi connectivity index (χ4v) is 4.85. The van der Waals surface area contributed by atoms with Gasteiger partial charge in [-0.1, -0.05) is 36.4 Å². The number of benzene rings is 3. The number of aryl methyl sites for hydroxylation is 1. The van der Waals surface area contributed by atoms with Gasteiger partial charge in [0.1, 0.15) is 24.0 Å². The average molecular weight is 611 g/mol. The number of carboxylic acid groups (broad SMARTS) is 1. The molecule has 1 N–H and O–H groups in total. The maximum absolute atomic E-state index is 13.6. The minimum atomic E-state index is -1.33. The van der Waals surface area contributed by atoms with Gasteiger partial charge in [-0.05, 0) is 89.6 Å². The summed E-state index contributed by atoms with van der Waals surface area (Å²) in [4.78, 5) is 29.1. The SMILES string of the molecule is CSCC[C@H](NC(=O)c1ccc(C=Cc2cnccc2OCc2cc(F)cc(F)c2)cc1-c1ccccc1C)C(=O)[O-].[Na+]. The zero-order valence-corrected chi connectivity index (χ0v) is 26.9. The van der Waals surface area contributed by atoms with Crippen molar-refractivity contribution >= 4 is 35.8 Å². The number of amides is 1. The van der Waals surface area contributed by atoms with E-state index in [1.165, 1.54) is 23.9 Å². The molecule has 4 aromatic rings. The van der Waals surface area contributed by atoms with E-state index in [1.807, 2.05) is 49.6 Å². The number of thioether (sulfide) groups is 1. The van der Waals surface area contributed by atoms with E-state index >= 15 is 0 Å². The largest absolute Gasteiger partial charge is 1.00 e. The fourth-order valence-electron chi connectivity index (χ4n) is 4.37. The third-order valence-electron chi connectivity index (χ3n) is 6.51. The van der Waals surface area contributed by atoms with E-state index in [-0.39, 0.29) is 42.6 Å². The number of pyridine rings is 1. The third kappa shape index (κ3) is 9.49. The van der Waals surface area contributed by atoms with Gasteiger partial charge >= 0.3 is 29.6 Å². The first-order chi connectivity index (χ1) is 20.2. The van der Waals surface area contributed by atoms with E-state index < -0.39 is 29.6 Å². The maximum atomic E-state index is 13.6. The molecule has 0 saturated carbocycles. The Morgan fingerprint density at radius 2 is 1.77 bits per heavy atom. The van der Waals surface area contributed by atoms with Crippen LogP contribution >= 0.6 is 11.8 Å². The second-order valence-corrected chi connectivity index (χ2v) is 10.5. The van der Waals surface area contributed by atoms with Crippen LogP contribution in [0.1, 0.15) is 39.0 Å². The van der Waals surface area contributed by atoms with Crippen LogP contribution in [0, 0.1) is 18.6 Å². The smallest absolute Gasteiger partial charge is 0.548 e. The molecule has 0 spiro atoms. The molecule has 10 heteroatoms. The van der Waals surface area contributed by atoms with Crippen molar-refractivity contribution in [1.82, 2.24) is 10.3 Å². The molecular weight excluding hydrogens is 581 g/mol. The number of carboxylic acids is 1. The number of hydrogen-bond acceptors (Lipinski definition) is 6. The van der Waals surface area contributed by atoms with Gasteiger partial charge in [0.05, 0.1) is 12.0 Å². The van der Waals surface area contributed by atoms with Crippen LogP contribution in [0.3, 0.4) is 0 Å². The van der Waals surface area contributed by atoms with Gasteiger partial charge < -0.3 is 20.0 Å². The zero-order valence-electron chi connectivity index (χ0n) is 24.1. The Morgan fingerprint density at radius 3 is 2.47 bits per heavy atom. The summed E-state index contributed by atoms with van der Waals surface area (Å²) in [7, 11) is 0. The van der Waals surface area contributed by atoms with Gasteiger partial charge in [-0.3, -0.25) is 9.78 Å². The van der Waals surface area contributed by atoms with Crippen molar-refractivity contribution in [2.75, 3.05) is 12.0 Å². The number of aromatic nitrogens is 1. The number of aliphatic carboxylic acids is 1. The second-order valence-electron chi connectivity index (χ2n) is 9.56. The van der Waals surface area contributed by atoms with Gasteiger partial charge in [-0.2, -0.15) is 11.8 Å². The van der Waals surface area contributed by atoms with E-state index in [4.69, 9.17) is 4.74 Å². The molecule has 43 heavy (non-hydrogen) atoms. The van der Waals surface area contributed by atoms with Crippen LogP contribution in [0.15, 0.2) is 79.1 Å². The molecule has 1 atom stereocenters. The number of nitrogens with one attached hydrogen (secondary N) is 1. The Morgan fingerprint density at radius 1 is 1.02 bits per heavy atom. The second kappa shape index (κ2) is 16.4. The quantitative estimate of drug-likeness (QED) is 0.248. The monoisotopic (exact) mass is 610 g/mol. The zero-order chi connectivity index (χ0) is 30.1. The summed E-state index contributed by atoms with van der Waals surface area (Å²) in [6.45, 7) is 1.90. The molecule has 0 radical (unpaired) electrons. The number of hydrogen-bond donors (Lipinski definition) is 1. The molecule has 0 unspecified atom stereocenters. The molecule has 1 amide bonds. The van der Waals surface area contributed by atoms with Crippen molar-refractivity contribution in [2.24, 2.45) is 0 Å². The summed E-state index contributed by atoms with van der Waals surface area (Å²) < 4.78 is 33.0. The molecule has 0 bridgehead atoms. The van der Waals surface area contributed by atoms with Gasteiger partial charge in [-0.15, -0.1) is 0 Å². The van der Waals surface area contributed by atoms with E-state index in [1.54, 1.807) is 36.7 Å². The maximum Gasteiger partial charge on any atom is 1.00 e. The molecule has 0 fully saturated rings. The van der Waals surface area contributed by atoms with Crippen molar-refractivity contribution in [3.8, 4) is 16.9 Å². The third-order valence-corrected chi connectivity index (χ3v) is 7.15. The molecule has 216 valence electrons. The molecule has 1 heterocycles. The Bertz CT molecular complexity index is 1600. The van der Waals surface area contributed by atoms with Gasteiger partial charge in [0.2, 0.25) is 0 Å². The Kier molecular flexibility index (Phi) is 12.9. The first-order valence-electron chi connectivity index (χ1n) is 13.2. The molecule has 6 nitrogen and oxygen atoms in total. The summed E-state index contributed by atoms with van der Waals surface area (Å²) in [6, 6.07) is 16.7. The van der Waals surface area contributed by atoms with Crippen LogP contribution in [-0.2, 0) is 11.4 Å². The van der Waals surface area contributed by atoms with Crippen LogP contribution in [0.2, 0.25) is 0 Å². The molecule has 0 aliphatic rings. The standard InChI is InChI=1S/C33H30F2N2O4S.Na/c1-21-5-3-4-6-27(21)29-17-22(8-10-28(29)32(38)37-30(33(39)40)12-14-42-2)7-9-24-19-36-13-11-31(24)41-20-23-15-25(34)18-26(35)16-23;/h3-11,13,15-19,30H,12,14,20H2,1-2H3,(H,37,38)(H,39,40);/q;+1/p-1/t30-;/m0./s1. The van der Waals surface area contributed by atoms with Crippen molar-refractivity contribution < 1.29 is 57.8 Å². The summed E-state index contributed by atoms with van der Waals surface area (Å²) in [6.07, 6.45) is 8.90. The summed E-state index contributed by atoms with van der Waals surface area (Å²) in [5, 5.41) is 14.3. The molecule has 0 aliphatic carbocycles. The first-order valence-corrected chi connectivity index (χ1v) is 14.5. The van der Waals surface area contributed by atoms with E-state index in [0.29, 0.717) is 33.8 Å².